The van der Waals surface area contributed by atoms with E-state index in [-0.39, 0.29) is 6.04 Å². The van der Waals surface area contributed by atoms with Crippen LogP contribution in [0.25, 0.3) is 0 Å². The number of hydrogen-bond donors (Lipinski definition) is 1. The van der Waals surface area contributed by atoms with Crippen molar-refractivity contribution in [2.45, 2.75) is 45.6 Å². The number of aryl methyl sites for hydroxylation is 2. The molecule has 5 nitrogen and oxygen atoms in total. The Labute approximate surface area is 124 Å². The van der Waals surface area contributed by atoms with Gasteiger partial charge in [-0.3, -0.25) is 4.68 Å². The van der Waals surface area contributed by atoms with Gasteiger partial charge in [0, 0.05) is 19.2 Å². The van der Waals surface area contributed by atoms with E-state index >= 15 is 0 Å². The summed E-state index contributed by atoms with van der Waals surface area (Å²) in [6.07, 6.45) is 1.88. The van der Waals surface area contributed by atoms with Crippen molar-refractivity contribution >= 4 is 11.5 Å². The van der Waals surface area contributed by atoms with Crippen LogP contribution in [0.15, 0.2) is 6.07 Å². The summed E-state index contributed by atoms with van der Waals surface area (Å²) in [5.74, 6) is 0.400. The molecule has 0 fully saturated rings. The van der Waals surface area contributed by atoms with Crippen molar-refractivity contribution in [2.75, 3.05) is 7.05 Å². The Morgan fingerprint density at radius 3 is 2.70 bits per heavy atom. The molecule has 0 saturated heterocycles. The van der Waals surface area contributed by atoms with Crippen LogP contribution >= 0.6 is 11.5 Å². The smallest absolute Gasteiger partial charge is 0.0829 e. The molecular formula is C14H23N5S. The van der Waals surface area contributed by atoms with Crippen molar-refractivity contribution in [1.82, 2.24) is 24.7 Å². The third-order valence-corrected chi connectivity index (χ3v) is 4.41. The molecule has 20 heavy (non-hydrogen) atoms. The summed E-state index contributed by atoms with van der Waals surface area (Å²) in [6, 6.07) is 2.43. The second-order valence-corrected chi connectivity index (χ2v) is 6.11. The van der Waals surface area contributed by atoms with E-state index in [1.807, 2.05) is 18.8 Å². The quantitative estimate of drug-likeness (QED) is 0.889. The second kappa shape index (κ2) is 6.45. The Bertz CT molecular complexity index is 558. The Morgan fingerprint density at radius 2 is 2.15 bits per heavy atom. The van der Waals surface area contributed by atoms with Crippen LogP contribution in [0.2, 0.25) is 0 Å². The van der Waals surface area contributed by atoms with Crippen molar-refractivity contribution in [2.24, 2.45) is 7.05 Å². The standard InChI is InChI=1S/C14H23N5S/c1-6-10-7-11(19(5)17-10)8-12(15-4)14-13(9(2)3)16-18-20-14/h7,9,12,15H,6,8H2,1-5H3. The van der Waals surface area contributed by atoms with Gasteiger partial charge < -0.3 is 5.32 Å². The zero-order valence-corrected chi connectivity index (χ0v) is 13.7. The van der Waals surface area contributed by atoms with Crippen LogP contribution in [-0.4, -0.2) is 26.4 Å². The van der Waals surface area contributed by atoms with Crippen molar-refractivity contribution in [3.05, 3.63) is 28.0 Å². The fraction of sp³-hybridized carbons (Fsp3) is 0.643. The number of nitrogens with zero attached hydrogens (tertiary/aromatic N) is 4. The predicted octanol–water partition coefficient (Wildman–Crippen LogP) is 2.46. The van der Waals surface area contributed by atoms with Crippen molar-refractivity contribution < 1.29 is 0 Å². The summed E-state index contributed by atoms with van der Waals surface area (Å²) in [4.78, 5) is 1.24. The maximum atomic E-state index is 4.52. The average molecular weight is 293 g/mol. The van der Waals surface area contributed by atoms with Gasteiger partial charge in [-0.15, -0.1) is 5.10 Å². The van der Waals surface area contributed by atoms with Gasteiger partial charge in [0.1, 0.15) is 0 Å². The second-order valence-electron chi connectivity index (χ2n) is 5.33. The number of aromatic nitrogens is 4. The lowest BCUT2D eigenvalue weighted by Crippen LogP contribution is -2.20. The van der Waals surface area contributed by atoms with Crippen LogP contribution < -0.4 is 5.32 Å². The third-order valence-electron chi connectivity index (χ3n) is 3.55. The first-order valence-electron chi connectivity index (χ1n) is 7.08. The van der Waals surface area contributed by atoms with Gasteiger partial charge in [0.25, 0.3) is 0 Å². The molecule has 1 unspecified atom stereocenters. The lowest BCUT2D eigenvalue weighted by molar-refractivity contribution is 0.560. The van der Waals surface area contributed by atoms with Crippen molar-refractivity contribution in [3.8, 4) is 0 Å². The van der Waals surface area contributed by atoms with E-state index in [4.69, 9.17) is 0 Å². The number of nitrogens with one attached hydrogen (secondary N) is 1. The molecule has 6 heteroatoms. The van der Waals surface area contributed by atoms with Gasteiger partial charge in [-0.05, 0) is 37.0 Å². The first-order valence-corrected chi connectivity index (χ1v) is 7.85. The highest BCUT2D eigenvalue weighted by Gasteiger charge is 2.21. The summed E-state index contributed by atoms with van der Waals surface area (Å²) in [7, 11) is 4.00. The lowest BCUT2D eigenvalue weighted by Gasteiger charge is -2.16. The predicted molar refractivity (Wildman–Crippen MR) is 82.1 cm³/mol. The maximum Gasteiger partial charge on any atom is 0.0829 e. The summed E-state index contributed by atoms with van der Waals surface area (Å²) in [6.45, 7) is 6.45. The Morgan fingerprint density at radius 1 is 1.40 bits per heavy atom. The summed E-state index contributed by atoms with van der Waals surface area (Å²) in [5.41, 5.74) is 3.49. The fourth-order valence-corrected chi connectivity index (χ4v) is 3.23. The molecule has 110 valence electrons. The molecule has 0 aromatic carbocycles. The maximum absolute atomic E-state index is 4.52. The zero-order chi connectivity index (χ0) is 14.7. The van der Waals surface area contributed by atoms with Crippen LogP contribution in [0, 0.1) is 0 Å². The van der Waals surface area contributed by atoms with Gasteiger partial charge >= 0.3 is 0 Å². The van der Waals surface area contributed by atoms with Gasteiger partial charge in [-0.1, -0.05) is 25.3 Å². The van der Waals surface area contributed by atoms with Crippen LogP contribution in [0.1, 0.15) is 54.7 Å². The summed E-state index contributed by atoms with van der Waals surface area (Å²) >= 11 is 1.49. The highest BCUT2D eigenvalue weighted by Crippen LogP contribution is 2.28. The number of likely N-dealkylation sites (N-methyl/N-ethyl adjacent to an activating group) is 1. The molecule has 2 heterocycles. The molecule has 1 atom stereocenters. The molecule has 0 spiro atoms. The number of rotatable bonds is 6. The van der Waals surface area contributed by atoms with E-state index in [2.05, 4.69) is 46.8 Å². The molecule has 0 aliphatic heterocycles. The minimum absolute atomic E-state index is 0.243. The minimum atomic E-state index is 0.243. The topological polar surface area (TPSA) is 55.6 Å². The highest BCUT2D eigenvalue weighted by atomic mass is 32.1. The van der Waals surface area contributed by atoms with Gasteiger partial charge in [-0.2, -0.15) is 5.10 Å². The fourth-order valence-electron chi connectivity index (χ4n) is 2.32. The average Bonchev–Trinajstić information content (AvgIpc) is 3.02. The molecular weight excluding hydrogens is 270 g/mol. The Balaban J connectivity index is 2.24. The molecule has 0 radical (unpaired) electrons. The van der Waals surface area contributed by atoms with E-state index in [0.717, 1.165) is 24.2 Å². The van der Waals surface area contributed by atoms with Gasteiger partial charge in [0.2, 0.25) is 0 Å². The molecule has 0 saturated carbocycles. The number of hydrogen-bond acceptors (Lipinski definition) is 5. The molecule has 2 aromatic rings. The molecule has 0 amide bonds. The molecule has 1 N–H and O–H groups in total. The first-order chi connectivity index (χ1) is 9.56. The van der Waals surface area contributed by atoms with E-state index in [1.165, 1.54) is 22.1 Å². The SMILES string of the molecule is CCc1cc(CC(NC)c2snnc2C(C)C)n(C)n1. The van der Waals surface area contributed by atoms with E-state index in [1.54, 1.807) is 0 Å². The molecule has 0 aliphatic carbocycles. The minimum Gasteiger partial charge on any atom is -0.312 e. The van der Waals surface area contributed by atoms with Gasteiger partial charge in [0.05, 0.1) is 22.3 Å². The van der Waals surface area contributed by atoms with Crippen LogP contribution in [0.5, 0.6) is 0 Å². The summed E-state index contributed by atoms with van der Waals surface area (Å²) in [5, 5.41) is 12.2. The lowest BCUT2D eigenvalue weighted by atomic mass is 10.0. The van der Waals surface area contributed by atoms with Crippen LogP contribution in [-0.2, 0) is 19.9 Å². The highest BCUT2D eigenvalue weighted by molar-refractivity contribution is 7.05. The molecule has 2 aromatic heterocycles. The Kier molecular flexibility index (Phi) is 4.88. The van der Waals surface area contributed by atoms with Gasteiger partial charge in [-0.25, -0.2) is 0 Å². The third kappa shape index (κ3) is 3.07. The largest absolute Gasteiger partial charge is 0.312 e. The van der Waals surface area contributed by atoms with Crippen molar-refractivity contribution in [3.63, 3.8) is 0 Å². The zero-order valence-electron chi connectivity index (χ0n) is 12.8. The Hall–Kier alpha value is -1.27. The molecule has 0 bridgehead atoms. The van der Waals surface area contributed by atoms with E-state index < -0.39 is 0 Å². The van der Waals surface area contributed by atoms with Crippen molar-refractivity contribution in [1.29, 1.82) is 0 Å². The summed E-state index contributed by atoms with van der Waals surface area (Å²) < 4.78 is 6.11. The van der Waals surface area contributed by atoms with Gasteiger partial charge in [0.15, 0.2) is 0 Å². The first kappa shape index (κ1) is 15.1. The molecule has 2 rings (SSSR count). The van der Waals surface area contributed by atoms with E-state index in [0.29, 0.717) is 5.92 Å². The van der Waals surface area contributed by atoms with Crippen LogP contribution in [0.4, 0.5) is 0 Å². The van der Waals surface area contributed by atoms with Crippen LogP contribution in [0.3, 0.4) is 0 Å². The van der Waals surface area contributed by atoms with E-state index in [9.17, 15) is 0 Å². The monoisotopic (exact) mass is 293 g/mol. The molecule has 0 aliphatic rings. The normalized spacial score (nSPS) is 13.1.